The van der Waals surface area contributed by atoms with E-state index in [-0.39, 0.29) is 11.9 Å². The highest BCUT2D eigenvalue weighted by molar-refractivity contribution is 9.10. The number of rotatable bonds is 5. The van der Waals surface area contributed by atoms with Crippen molar-refractivity contribution >= 4 is 15.9 Å². The van der Waals surface area contributed by atoms with Crippen molar-refractivity contribution in [3.05, 3.63) is 46.2 Å². The molecule has 0 bridgehead atoms. The quantitative estimate of drug-likeness (QED) is 0.918. The monoisotopic (exact) mass is 326 g/mol. The van der Waals surface area contributed by atoms with Crippen LogP contribution in [-0.4, -0.2) is 21.8 Å². The Labute approximate surface area is 120 Å². The predicted octanol–water partition coefficient (Wildman–Crippen LogP) is 2.70. The van der Waals surface area contributed by atoms with Crippen LogP contribution in [0.1, 0.15) is 24.4 Å². The van der Waals surface area contributed by atoms with Gasteiger partial charge >= 0.3 is 0 Å². The van der Waals surface area contributed by atoms with E-state index in [1.54, 1.807) is 6.07 Å². The van der Waals surface area contributed by atoms with Gasteiger partial charge in [-0.3, -0.25) is 4.68 Å². The Morgan fingerprint density at radius 3 is 2.89 bits per heavy atom. The third-order valence-corrected chi connectivity index (χ3v) is 3.77. The fourth-order valence-electron chi connectivity index (χ4n) is 2.08. The van der Waals surface area contributed by atoms with Gasteiger partial charge in [-0.25, -0.2) is 9.37 Å². The molecule has 1 aromatic carbocycles. The van der Waals surface area contributed by atoms with Crippen LogP contribution < -0.4 is 5.32 Å². The predicted molar refractivity (Wildman–Crippen MR) is 75.3 cm³/mol. The molecule has 0 fully saturated rings. The Morgan fingerprint density at radius 2 is 2.26 bits per heavy atom. The van der Waals surface area contributed by atoms with Gasteiger partial charge in [0.1, 0.15) is 18.0 Å². The molecule has 0 spiro atoms. The summed E-state index contributed by atoms with van der Waals surface area (Å²) in [5, 5.41) is 7.27. The van der Waals surface area contributed by atoms with E-state index in [0.29, 0.717) is 12.0 Å². The third-order valence-electron chi connectivity index (χ3n) is 3.08. The molecule has 1 heterocycles. The summed E-state index contributed by atoms with van der Waals surface area (Å²) in [6.45, 7) is 2.76. The maximum atomic E-state index is 14.0. The first-order valence-electron chi connectivity index (χ1n) is 6.15. The molecule has 1 N–H and O–H groups in total. The van der Waals surface area contributed by atoms with Gasteiger partial charge in [-0.15, -0.1) is 0 Å². The molecule has 6 heteroatoms. The van der Waals surface area contributed by atoms with Crippen LogP contribution in [0, 0.1) is 5.82 Å². The number of aryl methyl sites for hydroxylation is 1. The highest BCUT2D eigenvalue weighted by atomic mass is 79.9. The maximum Gasteiger partial charge on any atom is 0.138 e. The van der Waals surface area contributed by atoms with E-state index < -0.39 is 0 Å². The number of nitrogens with one attached hydrogen (secondary N) is 1. The SMILES string of the molecule is CCn1ncnc1CC(NC)c1c(F)cccc1Br. The number of halogens is 2. The zero-order valence-corrected chi connectivity index (χ0v) is 12.5. The lowest BCUT2D eigenvalue weighted by Gasteiger charge is -2.18. The molecular formula is C13H16BrFN4. The second kappa shape index (κ2) is 6.25. The van der Waals surface area contributed by atoms with Crippen LogP contribution in [0.4, 0.5) is 4.39 Å². The van der Waals surface area contributed by atoms with Gasteiger partial charge in [0, 0.05) is 29.0 Å². The van der Waals surface area contributed by atoms with E-state index in [1.807, 2.05) is 24.7 Å². The molecule has 2 aromatic rings. The summed E-state index contributed by atoms with van der Waals surface area (Å²) in [5.41, 5.74) is 0.621. The lowest BCUT2D eigenvalue weighted by molar-refractivity contribution is 0.503. The highest BCUT2D eigenvalue weighted by Gasteiger charge is 2.19. The summed E-state index contributed by atoms with van der Waals surface area (Å²) >= 11 is 3.41. The van der Waals surface area contributed by atoms with Crippen LogP contribution in [0.25, 0.3) is 0 Å². The van der Waals surface area contributed by atoms with Gasteiger partial charge in [-0.1, -0.05) is 22.0 Å². The second-order valence-corrected chi connectivity index (χ2v) is 5.03. The Morgan fingerprint density at radius 1 is 1.47 bits per heavy atom. The minimum Gasteiger partial charge on any atom is -0.312 e. The molecule has 0 saturated carbocycles. The molecule has 0 aliphatic rings. The molecule has 2 rings (SSSR count). The average Bonchev–Trinajstić information content (AvgIpc) is 2.84. The Bertz CT molecular complexity index is 535. The lowest BCUT2D eigenvalue weighted by Crippen LogP contribution is -2.22. The van der Waals surface area contributed by atoms with Gasteiger partial charge in [0.15, 0.2) is 0 Å². The van der Waals surface area contributed by atoms with Gasteiger partial charge in [0.2, 0.25) is 0 Å². The Hall–Kier alpha value is -1.27. The average molecular weight is 327 g/mol. The van der Waals surface area contributed by atoms with Crippen molar-refractivity contribution < 1.29 is 4.39 Å². The molecule has 4 nitrogen and oxygen atoms in total. The number of aromatic nitrogens is 3. The zero-order chi connectivity index (χ0) is 13.8. The van der Waals surface area contributed by atoms with Gasteiger partial charge in [-0.2, -0.15) is 5.10 Å². The van der Waals surface area contributed by atoms with Crippen molar-refractivity contribution in [3.8, 4) is 0 Å². The Kier molecular flexibility index (Phi) is 4.66. The first kappa shape index (κ1) is 14.1. The molecule has 1 aromatic heterocycles. The minimum absolute atomic E-state index is 0.148. The number of hydrogen-bond acceptors (Lipinski definition) is 3. The van der Waals surface area contributed by atoms with Crippen LogP contribution in [0.5, 0.6) is 0 Å². The van der Waals surface area contributed by atoms with Crippen molar-refractivity contribution in [1.29, 1.82) is 0 Å². The normalized spacial score (nSPS) is 12.6. The molecule has 0 saturated heterocycles. The largest absolute Gasteiger partial charge is 0.312 e. The molecule has 0 amide bonds. The van der Waals surface area contributed by atoms with Crippen molar-refractivity contribution in [2.75, 3.05) is 7.05 Å². The van der Waals surface area contributed by atoms with Crippen molar-refractivity contribution in [3.63, 3.8) is 0 Å². The zero-order valence-electron chi connectivity index (χ0n) is 10.9. The van der Waals surface area contributed by atoms with Crippen molar-refractivity contribution in [2.24, 2.45) is 0 Å². The molecule has 0 radical (unpaired) electrons. The molecule has 1 unspecified atom stereocenters. The number of likely N-dealkylation sites (N-methyl/N-ethyl adjacent to an activating group) is 1. The van der Waals surface area contributed by atoms with Gasteiger partial charge in [0.25, 0.3) is 0 Å². The minimum atomic E-state index is -0.226. The molecule has 1 atom stereocenters. The fourth-order valence-corrected chi connectivity index (χ4v) is 2.70. The molecule has 102 valence electrons. The summed E-state index contributed by atoms with van der Waals surface area (Å²) in [5.74, 6) is 0.619. The third kappa shape index (κ3) is 3.01. The van der Waals surface area contributed by atoms with Crippen LogP contribution >= 0.6 is 15.9 Å². The fraction of sp³-hybridized carbons (Fsp3) is 0.385. The lowest BCUT2D eigenvalue weighted by atomic mass is 10.0. The summed E-state index contributed by atoms with van der Waals surface area (Å²) in [6, 6.07) is 4.84. The highest BCUT2D eigenvalue weighted by Crippen LogP contribution is 2.28. The van der Waals surface area contributed by atoms with Crippen molar-refractivity contribution in [1.82, 2.24) is 20.1 Å². The summed E-state index contributed by atoms with van der Waals surface area (Å²) in [6.07, 6.45) is 2.12. The summed E-state index contributed by atoms with van der Waals surface area (Å²) in [4.78, 5) is 4.23. The number of nitrogens with zero attached hydrogens (tertiary/aromatic N) is 3. The van der Waals surface area contributed by atoms with Crippen LogP contribution in [0.15, 0.2) is 29.0 Å². The standard InChI is InChI=1S/C13H16BrFN4/c1-3-19-12(17-8-18-19)7-11(16-2)13-9(14)5-4-6-10(13)15/h4-6,8,11,16H,3,7H2,1-2H3. The molecule has 19 heavy (non-hydrogen) atoms. The second-order valence-electron chi connectivity index (χ2n) is 4.17. The van der Waals surface area contributed by atoms with Gasteiger partial charge in [0.05, 0.1) is 0 Å². The van der Waals surface area contributed by atoms with E-state index in [0.717, 1.165) is 16.8 Å². The summed E-state index contributed by atoms with van der Waals surface area (Å²) in [7, 11) is 1.82. The van der Waals surface area contributed by atoms with E-state index >= 15 is 0 Å². The van der Waals surface area contributed by atoms with Crippen LogP contribution in [-0.2, 0) is 13.0 Å². The Balaban J connectivity index is 2.30. The molecular weight excluding hydrogens is 311 g/mol. The summed E-state index contributed by atoms with van der Waals surface area (Å²) < 4.78 is 16.6. The van der Waals surface area contributed by atoms with E-state index in [9.17, 15) is 4.39 Å². The van der Waals surface area contributed by atoms with Crippen molar-refractivity contribution in [2.45, 2.75) is 25.9 Å². The van der Waals surface area contributed by atoms with Crippen LogP contribution in [0.2, 0.25) is 0 Å². The van der Waals surface area contributed by atoms with E-state index in [2.05, 4.69) is 31.3 Å². The van der Waals surface area contributed by atoms with Gasteiger partial charge in [-0.05, 0) is 26.1 Å². The topological polar surface area (TPSA) is 42.7 Å². The first-order valence-corrected chi connectivity index (χ1v) is 6.94. The molecule has 0 aliphatic carbocycles. The van der Waals surface area contributed by atoms with Gasteiger partial charge < -0.3 is 5.32 Å². The smallest absolute Gasteiger partial charge is 0.138 e. The van der Waals surface area contributed by atoms with Crippen LogP contribution in [0.3, 0.4) is 0 Å². The number of hydrogen-bond donors (Lipinski definition) is 1. The first-order chi connectivity index (χ1) is 9.17. The van der Waals surface area contributed by atoms with E-state index in [4.69, 9.17) is 0 Å². The van der Waals surface area contributed by atoms with E-state index in [1.165, 1.54) is 12.4 Å². The maximum absolute atomic E-state index is 14.0. The molecule has 0 aliphatic heterocycles. The number of benzene rings is 1.